The second kappa shape index (κ2) is 23.3. The summed E-state index contributed by atoms with van der Waals surface area (Å²) in [7, 11) is 0. The van der Waals surface area contributed by atoms with Crippen molar-refractivity contribution in [1.82, 2.24) is 0 Å². The first-order chi connectivity index (χ1) is 31.4. The fraction of sp³-hybridized carbons (Fsp3) is 0.750. The smallest absolute Gasteiger partial charge is 0.427 e. The number of benzene rings is 1. The molecule has 0 bridgehead atoms. The van der Waals surface area contributed by atoms with Gasteiger partial charge >= 0.3 is 83.5 Å². The van der Waals surface area contributed by atoms with Crippen molar-refractivity contribution in [3.63, 3.8) is 0 Å². The third-order valence-corrected chi connectivity index (χ3v) is 10.4. The molecule has 0 aromatic heterocycles. The van der Waals surface area contributed by atoms with E-state index in [1.165, 1.54) is 24.3 Å². The number of hydrogen-bond donors (Lipinski definition) is 0. The molecule has 0 atom stereocenters. The molecule has 0 unspecified atom stereocenters. The first-order valence-electron chi connectivity index (χ1n) is 20.5. The molecule has 408 valence electrons. The van der Waals surface area contributed by atoms with Crippen LogP contribution in [0, 0.1) is 0 Å². The Morgan fingerprint density at radius 2 is 0.671 bits per heavy atom. The maximum Gasteiger partial charge on any atom is 0.460 e. The summed E-state index contributed by atoms with van der Waals surface area (Å²) >= 11 is 0. The van der Waals surface area contributed by atoms with Crippen molar-refractivity contribution < 1.29 is 133 Å². The van der Waals surface area contributed by atoms with Crippen LogP contribution in [0.5, 0.6) is 11.5 Å². The molecule has 0 aliphatic rings. The van der Waals surface area contributed by atoms with E-state index in [1.807, 2.05) is 0 Å². The van der Waals surface area contributed by atoms with E-state index in [-0.39, 0.29) is 94.1 Å². The van der Waals surface area contributed by atoms with E-state index in [0.29, 0.717) is 0 Å². The molecule has 4 nitrogen and oxygen atoms in total. The van der Waals surface area contributed by atoms with Crippen molar-refractivity contribution in [2.75, 3.05) is 0 Å². The van der Waals surface area contributed by atoms with Gasteiger partial charge in [-0.25, -0.2) is 0 Å². The summed E-state index contributed by atoms with van der Waals surface area (Å²) in [5.41, 5.74) is 0.162. The summed E-state index contributed by atoms with van der Waals surface area (Å²) in [5, 5.41) is 0. The molecular formula is C40H42F26O4. The number of ether oxygens (including phenoxy) is 2. The lowest BCUT2D eigenvalue weighted by Crippen LogP contribution is -2.70. The third kappa shape index (κ3) is 14.0. The van der Waals surface area contributed by atoms with Gasteiger partial charge in [0.15, 0.2) is 0 Å². The zero-order valence-corrected chi connectivity index (χ0v) is 35.7. The molecule has 30 heteroatoms. The van der Waals surface area contributed by atoms with E-state index in [9.17, 15) is 124 Å². The van der Waals surface area contributed by atoms with Gasteiger partial charge in [-0.15, -0.1) is 0 Å². The van der Waals surface area contributed by atoms with E-state index in [0.717, 1.165) is 0 Å². The lowest BCUT2D eigenvalue weighted by atomic mass is 9.91. The quantitative estimate of drug-likeness (QED) is 0.0322. The van der Waals surface area contributed by atoms with E-state index in [2.05, 4.69) is 6.58 Å². The van der Waals surface area contributed by atoms with Gasteiger partial charge in [0.05, 0.1) is 0 Å². The summed E-state index contributed by atoms with van der Waals surface area (Å²) in [6.45, 7) is 3.53. The van der Waals surface area contributed by atoms with Crippen LogP contribution in [0.3, 0.4) is 0 Å². The van der Waals surface area contributed by atoms with Crippen molar-refractivity contribution in [2.45, 2.75) is 187 Å². The number of unbranched alkanes of at least 4 members (excludes halogenated alkanes) is 12. The maximum absolute atomic E-state index is 13.9. The van der Waals surface area contributed by atoms with Gasteiger partial charge in [-0.2, -0.15) is 114 Å². The first kappa shape index (κ1) is 64.1. The van der Waals surface area contributed by atoms with Crippen LogP contribution in [-0.4, -0.2) is 83.5 Å². The summed E-state index contributed by atoms with van der Waals surface area (Å²) in [4.78, 5) is 24.6. The highest BCUT2D eigenvalue weighted by Crippen LogP contribution is 2.62. The molecule has 0 spiro atoms. The number of carbonyl (C=O) groups is 2. The Hall–Kier alpha value is -3.92. The summed E-state index contributed by atoms with van der Waals surface area (Å²) in [6.07, 6.45) is -20.0. The van der Waals surface area contributed by atoms with Gasteiger partial charge in [0.1, 0.15) is 11.5 Å². The van der Waals surface area contributed by atoms with Crippen LogP contribution in [0.2, 0.25) is 0 Å². The monoisotopic (exact) mass is 1080 g/mol. The Morgan fingerprint density at radius 1 is 0.386 bits per heavy atom. The number of esters is 2. The first-order valence-corrected chi connectivity index (χ1v) is 20.5. The van der Waals surface area contributed by atoms with Crippen molar-refractivity contribution in [3.8, 4) is 11.5 Å². The van der Waals surface area contributed by atoms with Crippen molar-refractivity contribution in [1.29, 1.82) is 0 Å². The molecule has 0 N–H and O–H groups in total. The van der Waals surface area contributed by atoms with Crippen LogP contribution in [0.25, 0.3) is 6.08 Å². The van der Waals surface area contributed by atoms with Crippen molar-refractivity contribution >= 4 is 18.0 Å². The highest BCUT2D eigenvalue weighted by atomic mass is 19.4. The molecule has 0 fully saturated rings. The van der Waals surface area contributed by atoms with Gasteiger partial charge < -0.3 is 9.47 Å². The van der Waals surface area contributed by atoms with Gasteiger partial charge in [-0.3, -0.25) is 9.59 Å². The van der Waals surface area contributed by atoms with Gasteiger partial charge in [0, 0.05) is 31.2 Å². The lowest BCUT2D eigenvalue weighted by Gasteiger charge is -2.39. The van der Waals surface area contributed by atoms with E-state index in [4.69, 9.17) is 9.47 Å². The number of hydrogen-bond acceptors (Lipinski definition) is 4. The Kier molecular flexibility index (Phi) is 21.3. The molecule has 0 radical (unpaired) electrons. The molecule has 1 rings (SSSR count). The second-order valence-corrected chi connectivity index (χ2v) is 15.8. The average molecular weight is 1080 g/mol. The normalized spacial score (nSPS) is 14.5. The van der Waals surface area contributed by atoms with Crippen LogP contribution >= 0.6 is 0 Å². The molecule has 1 aromatic carbocycles. The standard InChI is InChI=1S/C40H42F26O4/c1-2-24-23-25(69-27(67)17-13-9-5-3-7-11-15-21-29(41,42)31(45,46)33(49,50)35(53,54)37(57,58)39(61,62)63)19-20-26(24)70-28(68)18-14-10-6-4-8-12-16-22-30(43,44)32(47,48)34(51,52)36(55,56)38(59,60)40(64,65)66/h2,19-20,23H,1,3-18,21-22H2. The van der Waals surface area contributed by atoms with E-state index >= 15 is 0 Å². The predicted molar refractivity (Wildman–Crippen MR) is 192 cm³/mol. The van der Waals surface area contributed by atoms with Crippen LogP contribution in [-0.2, 0) is 9.59 Å². The fourth-order valence-corrected chi connectivity index (χ4v) is 6.12. The van der Waals surface area contributed by atoms with Crippen molar-refractivity contribution in [3.05, 3.63) is 30.3 Å². The molecular weight excluding hydrogens is 1040 g/mol. The topological polar surface area (TPSA) is 52.6 Å². The SMILES string of the molecule is C=Cc1cc(OC(=O)CCCCCCCCCC(F)(F)C(F)(F)C(F)(F)C(F)(F)C(F)(F)C(F)(F)F)ccc1OC(=O)CCCCCCCCCC(F)(F)C(F)(F)C(F)(F)C(F)(F)C(F)(F)C(F)(F)F. The van der Waals surface area contributed by atoms with Gasteiger partial charge in [0.2, 0.25) is 0 Å². The summed E-state index contributed by atoms with van der Waals surface area (Å²) in [5.74, 6) is -75.8. The van der Waals surface area contributed by atoms with E-state index in [1.54, 1.807) is 0 Å². The number of carbonyl (C=O) groups excluding carboxylic acids is 2. The minimum atomic E-state index is -7.96. The van der Waals surface area contributed by atoms with Crippen LogP contribution in [0.15, 0.2) is 24.8 Å². The molecule has 0 heterocycles. The lowest BCUT2D eigenvalue weighted by molar-refractivity contribution is -0.440. The molecule has 0 saturated carbocycles. The minimum absolute atomic E-state index is 0.0415. The fourth-order valence-electron chi connectivity index (χ4n) is 6.12. The highest BCUT2D eigenvalue weighted by molar-refractivity contribution is 5.75. The molecule has 70 heavy (non-hydrogen) atoms. The Balaban J connectivity index is 2.45. The number of rotatable bonds is 31. The van der Waals surface area contributed by atoms with Crippen molar-refractivity contribution in [2.24, 2.45) is 0 Å². The third-order valence-electron chi connectivity index (χ3n) is 10.4. The van der Waals surface area contributed by atoms with E-state index < -0.39 is 122 Å². The zero-order chi connectivity index (χ0) is 54.9. The molecule has 0 aliphatic heterocycles. The van der Waals surface area contributed by atoms with Gasteiger partial charge in [0.25, 0.3) is 0 Å². The summed E-state index contributed by atoms with van der Waals surface area (Å²) < 4.78 is 354. The van der Waals surface area contributed by atoms with Crippen LogP contribution in [0.4, 0.5) is 114 Å². The predicted octanol–water partition coefficient (Wildman–Crippen LogP) is 16.6. The Bertz CT molecular complexity index is 1850. The molecule has 1 aromatic rings. The zero-order valence-electron chi connectivity index (χ0n) is 35.7. The van der Waals surface area contributed by atoms with Gasteiger partial charge in [-0.1, -0.05) is 76.9 Å². The Morgan fingerprint density at radius 3 is 0.986 bits per heavy atom. The number of alkyl halides is 26. The van der Waals surface area contributed by atoms with Gasteiger partial charge in [-0.05, 0) is 43.9 Å². The van der Waals surface area contributed by atoms with Crippen LogP contribution in [0.1, 0.15) is 121 Å². The molecule has 0 amide bonds. The highest BCUT2D eigenvalue weighted by Gasteiger charge is 2.92. The number of halogens is 26. The second-order valence-electron chi connectivity index (χ2n) is 15.8. The molecule has 0 aliphatic carbocycles. The van der Waals surface area contributed by atoms with Crippen LogP contribution < -0.4 is 9.47 Å². The maximum atomic E-state index is 13.9. The molecule has 0 saturated heterocycles. The Labute approximate surface area is 380 Å². The average Bonchev–Trinajstić information content (AvgIpc) is 3.21. The minimum Gasteiger partial charge on any atom is -0.427 e. The largest absolute Gasteiger partial charge is 0.460 e. The summed E-state index contributed by atoms with van der Waals surface area (Å²) in [6, 6.07) is 3.70.